The van der Waals surface area contributed by atoms with Crippen LogP contribution in [-0.4, -0.2) is 25.4 Å². The molecule has 1 aromatic carbocycles. The van der Waals surface area contributed by atoms with E-state index in [1.807, 2.05) is 23.9 Å². The van der Waals surface area contributed by atoms with Gasteiger partial charge < -0.3 is 14.9 Å². The van der Waals surface area contributed by atoms with Crippen molar-refractivity contribution in [1.29, 1.82) is 0 Å². The second kappa shape index (κ2) is 4.56. The van der Waals surface area contributed by atoms with Crippen LogP contribution in [0.3, 0.4) is 0 Å². The van der Waals surface area contributed by atoms with Gasteiger partial charge in [-0.2, -0.15) is 0 Å². The van der Waals surface area contributed by atoms with Crippen LogP contribution in [0.25, 0.3) is 11.0 Å². The van der Waals surface area contributed by atoms with E-state index >= 15 is 0 Å². The average Bonchev–Trinajstić information content (AvgIpc) is 3.03. The molecular formula is C13H13N5O. The first kappa shape index (κ1) is 11.5. The average molecular weight is 255 g/mol. The van der Waals surface area contributed by atoms with Crippen molar-refractivity contribution in [2.45, 2.75) is 6.54 Å². The van der Waals surface area contributed by atoms with E-state index in [0.29, 0.717) is 12.1 Å². The Bertz CT molecular complexity index is 727. The van der Waals surface area contributed by atoms with Gasteiger partial charge in [-0.05, 0) is 18.2 Å². The summed E-state index contributed by atoms with van der Waals surface area (Å²) in [6.45, 7) is 0.406. The van der Waals surface area contributed by atoms with Crippen molar-refractivity contribution in [3.05, 3.63) is 48.3 Å². The Morgan fingerprint density at radius 1 is 1.42 bits per heavy atom. The minimum atomic E-state index is -0.125. The van der Waals surface area contributed by atoms with Gasteiger partial charge in [0.25, 0.3) is 5.91 Å². The second-order valence-corrected chi connectivity index (χ2v) is 4.27. The minimum absolute atomic E-state index is 0.125. The zero-order valence-electron chi connectivity index (χ0n) is 10.4. The molecule has 3 aromatic rings. The van der Waals surface area contributed by atoms with Crippen LogP contribution in [0, 0.1) is 0 Å². The summed E-state index contributed by atoms with van der Waals surface area (Å²) >= 11 is 0. The van der Waals surface area contributed by atoms with E-state index in [1.165, 1.54) is 0 Å². The highest BCUT2D eigenvalue weighted by molar-refractivity contribution is 5.97. The fourth-order valence-electron chi connectivity index (χ4n) is 1.91. The Morgan fingerprint density at radius 3 is 3.11 bits per heavy atom. The number of nitrogens with one attached hydrogen (secondary N) is 2. The number of hydrogen-bond acceptors (Lipinski definition) is 3. The Morgan fingerprint density at radius 2 is 2.32 bits per heavy atom. The van der Waals surface area contributed by atoms with Crippen LogP contribution in [0.5, 0.6) is 0 Å². The number of aromatic amines is 1. The maximum atomic E-state index is 12.0. The van der Waals surface area contributed by atoms with E-state index in [9.17, 15) is 4.79 Å². The van der Waals surface area contributed by atoms with Gasteiger partial charge in [-0.15, -0.1) is 0 Å². The molecule has 2 aromatic heterocycles. The number of hydrogen-bond donors (Lipinski definition) is 2. The van der Waals surface area contributed by atoms with Crippen LogP contribution in [0.1, 0.15) is 16.2 Å². The van der Waals surface area contributed by atoms with Gasteiger partial charge in [0.2, 0.25) is 0 Å². The summed E-state index contributed by atoms with van der Waals surface area (Å²) in [5.74, 6) is 0.690. The number of aryl methyl sites for hydroxylation is 1. The molecule has 2 heterocycles. The quantitative estimate of drug-likeness (QED) is 0.739. The molecule has 0 saturated heterocycles. The first-order chi connectivity index (χ1) is 9.24. The van der Waals surface area contributed by atoms with Gasteiger partial charge >= 0.3 is 0 Å². The molecule has 19 heavy (non-hydrogen) atoms. The molecule has 0 unspecified atom stereocenters. The van der Waals surface area contributed by atoms with Crippen molar-refractivity contribution in [2.24, 2.45) is 7.05 Å². The van der Waals surface area contributed by atoms with E-state index in [1.54, 1.807) is 24.7 Å². The van der Waals surface area contributed by atoms with Crippen LogP contribution in [0.4, 0.5) is 0 Å². The van der Waals surface area contributed by atoms with Crippen molar-refractivity contribution < 1.29 is 4.79 Å². The fourth-order valence-corrected chi connectivity index (χ4v) is 1.91. The fraction of sp³-hybridized carbons (Fsp3) is 0.154. The zero-order chi connectivity index (χ0) is 13.2. The number of rotatable bonds is 3. The SMILES string of the molecule is Cn1ccnc1CNC(=O)c1ccc2nc[nH]c2c1. The molecule has 0 aliphatic carbocycles. The Hall–Kier alpha value is -2.63. The third-order valence-corrected chi connectivity index (χ3v) is 3.01. The van der Waals surface area contributed by atoms with Crippen LogP contribution in [0.15, 0.2) is 36.9 Å². The van der Waals surface area contributed by atoms with Crippen LogP contribution >= 0.6 is 0 Å². The smallest absolute Gasteiger partial charge is 0.251 e. The van der Waals surface area contributed by atoms with E-state index in [-0.39, 0.29) is 5.91 Å². The molecule has 0 saturated carbocycles. The van der Waals surface area contributed by atoms with Crippen molar-refractivity contribution in [2.75, 3.05) is 0 Å². The second-order valence-electron chi connectivity index (χ2n) is 4.27. The number of carbonyl (C=O) groups is 1. The largest absolute Gasteiger partial charge is 0.345 e. The number of carbonyl (C=O) groups excluding carboxylic acids is 1. The van der Waals surface area contributed by atoms with Crippen LogP contribution in [-0.2, 0) is 13.6 Å². The molecule has 1 amide bonds. The summed E-state index contributed by atoms with van der Waals surface area (Å²) in [7, 11) is 1.89. The Kier molecular flexibility index (Phi) is 2.75. The highest BCUT2D eigenvalue weighted by atomic mass is 16.1. The highest BCUT2D eigenvalue weighted by Crippen LogP contribution is 2.11. The molecule has 6 heteroatoms. The number of amides is 1. The van der Waals surface area contributed by atoms with E-state index in [2.05, 4.69) is 20.3 Å². The standard InChI is InChI=1S/C13H13N5O/c1-18-5-4-14-12(18)7-15-13(19)9-2-3-10-11(6-9)17-8-16-10/h2-6,8H,7H2,1H3,(H,15,19)(H,16,17). The summed E-state index contributed by atoms with van der Waals surface area (Å²) in [6, 6.07) is 5.37. The third-order valence-electron chi connectivity index (χ3n) is 3.01. The highest BCUT2D eigenvalue weighted by Gasteiger charge is 2.08. The van der Waals surface area contributed by atoms with E-state index in [4.69, 9.17) is 0 Å². The predicted molar refractivity (Wildman–Crippen MR) is 70.5 cm³/mol. The maximum Gasteiger partial charge on any atom is 0.251 e. The van der Waals surface area contributed by atoms with Crippen LogP contribution in [0.2, 0.25) is 0 Å². The summed E-state index contributed by atoms with van der Waals surface area (Å²) in [5.41, 5.74) is 2.30. The lowest BCUT2D eigenvalue weighted by Crippen LogP contribution is -2.24. The van der Waals surface area contributed by atoms with Gasteiger partial charge in [0, 0.05) is 25.0 Å². The lowest BCUT2D eigenvalue weighted by atomic mass is 10.2. The number of H-pyrrole nitrogens is 1. The first-order valence-electron chi connectivity index (χ1n) is 5.91. The van der Waals surface area contributed by atoms with E-state index in [0.717, 1.165) is 16.9 Å². The number of imidazole rings is 2. The first-order valence-corrected chi connectivity index (χ1v) is 5.91. The normalized spacial score (nSPS) is 10.8. The Balaban J connectivity index is 1.74. The van der Waals surface area contributed by atoms with Gasteiger partial charge in [0.05, 0.1) is 23.9 Å². The molecule has 0 fully saturated rings. The minimum Gasteiger partial charge on any atom is -0.345 e. The molecule has 96 valence electrons. The lowest BCUT2D eigenvalue weighted by Gasteiger charge is -2.05. The van der Waals surface area contributed by atoms with Gasteiger partial charge in [-0.1, -0.05) is 0 Å². The van der Waals surface area contributed by atoms with Crippen molar-refractivity contribution in [3.63, 3.8) is 0 Å². The number of aromatic nitrogens is 4. The Labute approximate surface area is 109 Å². The van der Waals surface area contributed by atoms with Crippen molar-refractivity contribution in [3.8, 4) is 0 Å². The molecule has 0 aliphatic heterocycles. The lowest BCUT2D eigenvalue weighted by molar-refractivity contribution is 0.0949. The summed E-state index contributed by atoms with van der Waals surface area (Å²) < 4.78 is 1.87. The van der Waals surface area contributed by atoms with Gasteiger partial charge in [0.15, 0.2) is 0 Å². The maximum absolute atomic E-state index is 12.0. The molecular weight excluding hydrogens is 242 g/mol. The van der Waals surface area contributed by atoms with Gasteiger partial charge in [-0.3, -0.25) is 4.79 Å². The summed E-state index contributed by atoms with van der Waals surface area (Å²) in [4.78, 5) is 23.3. The zero-order valence-corrected chi connectivity index (χ0v) is 10.4. The van der Waals surface area contributed by atoms with Gasteiger partial charge in [0.1, 0.15) is 5.82 Å². The van der Waals surface area contributed by atoms with Gasteiger partial charge in [-0.25, -0.2) is 9.97 Å². The molecule has 2 N–H and O–H groups in total. The number of fused-ring (bicyclic) bond motifs is 1. The molecule has 0 spiro atoms. The molecule has 0 atom stereocenters. The molecule has 6 nitrogen and oxygen atoms in total. The number of nitrogens with zero attached hydrogens (tertiary/aromatic N) is 3. The monoisotopic (exact) mass is 255 g/mol. The van der Waals surface area contributed by atoms with Crippen molar-refractivity contribution >= 4 is 16.9 Å². The predicted octanol–water partition coefficient (Wildman–Crippen LogP) is 1.23. The van der Waals surface area contributed by atoms with E-state index < -0.39 is 0 Å². The summed E-state index contributed by atoms with van der Waals surface area (Å²) in [6.07, 6.45) is 5.16. The molecule has 0 bridgehead atoms. The topological polar surface area (TPSA) is 75.6 Å². The molecule has 3 rings (SSSR count). The van der Waals surface area contributed by atoms with Crippen molar-refractivity contribution in [1.82, 2.24) is 24.8 Å². The molecule has 0 aliphatic rings. The molecule has 0 radical (unpaired) electrons. The number of benzene rings is 1. The van der Waals surface area contributed by atoms with Crippen LogP contribution < -0.4 is 5.32 Å². The summed E-state index contributed by atoms with van der Waals surface area (Å²) in [5, 5.41) is 2.84. The third kappa shape index (κ3) is 2.20.